The Morgan fingerprint density at radius 3 is 2.69 bits per heavy atom. The Kier molecular flexibility index (Phi) is 6.53. The van der Waals surface area contributed by atoms with E-state index in [-0.39, 0.29) is 5.60 Å². The largest absolute Gasteiger partial charge is 0.457 e. The number of anilines is 1. The average molecular weight is 354 g/mol. The lowest BCUT2D eigenvalue weighted by atomic mass is 9.92. The molecule has 1 aliphatic heterocycles. The molecule has 1 saturated heterocycles. The Bertz CT molecular complexity index is 676. The third-order valence-electron chi connectivity index (χ3n) is 4.92. The molecule has 1 fully saturated rings. The highest BCUT2D eigenvalue weighted by Gasteiger charge is 2.31. The fourth-order valence-electron chi connectivity index (χ4n) is 3.51. The zero-order valence-electron chi connectivity index (χ0n) is 15.9. The SMILES string of the molecule is CCCC1(CCNc2cc(Oc3ccccc3)ccc2C)CNCCO1. The standard InChI is InChI=1S/C22H30N2O2/c1-3-11-22(17-23-14-15-25-22)12-13-24-21-16-20(10-9-18(21)2)26-19-7-5-4-6-8-19/h4-10,16,23-24H,3,11-15,17H2,1-2H3. The van der Waals surface area contributed by atoms with Crippen molar-refractivity contribution in [1.82, 2.24) is 5.32 Å². The molecule has 1 aliphatic rings. The minimum absolute atomic E-state index is 0.0357. The van der Waals surface area contributed by atoms with Crippen molar-refractivity contribution in [3.05, 3.63) is 54.1 Å². The van der Waals surface area contributed by atoms with Crippen LogP contribution in [0, 0.1) is 6.92 Å². The van der Waals surface area contributed by atoms with E-state index in [9.17, 15) is 0 Å². The van der Waals surface area contributed by atoms with Gasteiger partial charge in [0, 0.05) is 31.4 Å². The molecule has 4 nitrogen and oxygen atoms in total. The third-order valence-corrected chi connectivity index (χ3v) is 4.92. The summed E-state index contributed by atoms with van der Waals surface area (Å²) in [5, 5.41) is 7.07. The Morgan fingerprint density at radius 1 is 1.12 bits per heavy atom. The Hall–Kier alpha value is -2.04. The summed E-state index contributed by atoms with van der Waals surface area (Å²) in [7, 11) is 0. The average Bonchev–Trinajstić information content (AvgIpc) is 2.66. The van der Waals surface area contributed by atoms with Gasteiger partial charge in [0.25, 0.3) is 0 Å². The topological polar surface area (TPSA) is 42.5 Å². The van der Waals surface area contributed by atoms with Gasteiger partial charge >= 0.3 is 0 Å². The van der Waals surface area contributed by atoms with E-state index < -0.39 is 0 Å². The number of hydrogen-bond acceptors (Lipinski definition) is 4. The van der Waals surface area contributed by atoms with E-state index >= 15 is 0 Å². The number of para-hydroxylation sites is 1. The second-order valence-corrected chi connectivity index (χ2v) is 7.03. The molecular formula is C22H30N2O2. The highest BCUT2D eigenvalue weighted by Crippen LogP contribution is 2.28. The van der Waals surface area contributed by atoms with Crippen molar-refractivity contribution in [2.45, 2.75) is 38.7 Å². The zero-order valence-corrected chi connectivity index (χ0v) is 15.9. The van der Waals surface area contributed by atoms with Crippen molar-refractivity contribution in [2.24, 2.45) is 0 Å². The minimum atomic E-state index is -0.0357. The first kappa shape index (κ1) is 18.7. The quantitative estimate of drug-likeness (QED) is 0.718. The van der Waals surface area contributed by atoms with Crippen LogP contribution in [0.3, 0.4) is 0 Å². The fraction of sp³-hybridized carbons (Fsp3) is 0.455. The van der Waals surface area contributed by atoms with Gasteiger partial charge in [-0.2, -0.15) is 0 Å². The van der Waals surface area contributed by atoms with Crippen LogP contribution in [0.4, 0.5) is 5.69 Å². The van der Waals surface area contributed by atoms with Gasteiger partial charge in [-0.25, -0.2) is 0 Å². The van der Waals surface area contributed by atoms with Gasteiger partial charge in [0.2, 0.25) is 0 Å². The van der Waals surface area contributed by atoms with Gasteiger partial charge in [-0.3, -0.25) is 0 Å². The molecular weight excluding hydrogens is 324 g/mol. The van der Waals surface area contributed by atoms with Crippen molar-refractivity contribution >= 4 is 5.69 Å². The normalized spacial score (nSPS) is 19.9. The van der Waals surface area contributed by atoms with E-state index in [1.165, 1.54) is 5.56 Å². The van der Waals surface area contributed by atoms with Crippen LogP contribution in [0.2, 0.25) is 0 Å². The van der Waals surface area contributed by atoms with Crippen LogP contribution in [0.1, 0.15) is 31.7 Å². The molecule has 1 heterocycles. The molecule has 0 saturated carbocycles. The number of aryl methyl sites for hydroxylation is 1. The molecule has 140 valence electrons. The van der Waals surface area contributed by atoms with Crippen LogP contribution in [-0.4, -0.2) is 31.8 Å². The Morgan fingerprint density at radius 2 is 1.96 bits per heavy atom. The van der Waals surface area contributed by atoms with E-state index in [2.05, 4.69) is 36.6 Å². The minimum Gasteiger partial charge on any atom is -0.457 e. The first-order valence-corrected chi connectivity index (χ1v) is 9.63. The van der Waals surface area contributed by atoms with Gasteiger partial charge in [0.15, 0.2) is 0 Å². The highest BCUT2D eigenvalue weighted by atomic mass is 16.5. The van der Waals surface area contributed by atoms with Crippen LogP contribution >= 0.6 is 0 Å². The van der Waals surface area contributed by atoms with Gasteiger partial charge in [0.1, 0.15) is 11.5 Å². The van der Waals surface area contributed by atoms with Crippen molar-refractivity contribution in [3.8, 4) is 11.5 Å². The lowest BCUT2D eigenvalue weighted by molar-refractivity contribution is -0.0746. The van der Waals surface area contributed by atoms with Crippen molar-refractivity contribution in [2.75, 3.05) is 31.6 Å². The van der Waals surface area contributed by atoms with E-state index in [4.69, 9.17) is 9.47 Å². The van der Waals surface area contributed by atoms with Crippen molar-refractivity contribution < 1.29 is 9.47 Å². The highest BCUT2D eigenvalue weighted by molar-refractivity contribution is 5.55. The van der Waals surface area contributed by atoms with Crippen LogP contribution in [0.25, 0.3) is 0 Å². The summed E-state index contributed by atoms with van der Waals surface area (Å²) in [6, 6.07) is 16.1. The monoisotopic (exact) mass is 354 g/mol. The predicted molar refractivity (Wildman–Crippen MR) is 107 cm³/mol. The molecule has 2 N–H and O–H groups in total. The summed E-state index contributed by atoms with van der Waals surface area (Å²) in [5.74, 6) is 1.70. The van der Waals surface area contributed by atoms with Crippen molar-refractivity contribution in [1.29, 1.82) is 0 Å². The maximum Gasteiger partial charge on any atom is 0.129 e. The van der Waals surface area contributed by atoms with Gasteiger partial charge in [-0.1, -0.05) is 37.6 Å². The van der Waals surface area contributed by atoms with Crippen LogP contribution in [0.15, 0.2) is 48.5 Å². The molecule has 4 heteroatoms. The Labute approximate surface area is 156 Å². The van der Waals surface area contributed by atoms with Crippen LogP contribution < -0.4 is 15.4 Å². The molecule has 2 aromatic carbocycles. The van der Waals surface area contributed by atoms with Crippen LogP contribution in [0.5, 0.6) is 11.5 Å². The number of ether oxygens (including phenoxy) is 2. The molecule has 1 atom stereocenters. The molecule has 0 spiro atoms. The Balaban J connectivity index is 1.61. The summed E-state index contributed by atoms with van der Waals surface area (Å²) < 4.78 is 12.1. The van der Waals surface area contributed by atoms with E-state index in [1.807, 2.05) is 36.4 Å². The summed E-state index contributed by atoms with van der Waals surface area (Å²) in [5.41, 5.74) is 2.30. The zero-order chi connectivity index (χ0) is 18.2. The molecule has 0 radical (unpaired) electrons. The van der Waals surface area contributed by atoms with Gasteiger partial charge in [-0.15, -0.1) is 0 Å². The predicted octanol–water partition coefficient (Wildman–Crippen LogP) is 4.75. The smallest absolute Gasteiger partial charge is 0.129 e. The molecule has 0 aliphatic carbocycles. The number of rotatable bonds is 8. The number of hydrogen-bond donors (Lipinski definition) is 2. The van der Waals surface area contributed by atoms with Crippen molar-refractivity contribution in [3.63, 3.8) is 0 Å². The van der Waals surface area contributed by atoms with Crippen LogP contribution in [-0.2, 0) is 4.74 Å². The second-order valence-electron chi connectivity index (χ2n) is 7.03. The summed E-state index contributed by atoms with van der Waals surface area (Å²) in [6.45, 7) is 7.93. The number of benzene rings is 2. The van der Waals surface area contributed by atoms with E-state index in [0.717, 1.165) is 62.7 Å². The first-order chi connectivity index (χ1) is 12.7. The van der Waals surface area contributed by atoms with Gasteiger partial charge in [-0.05, 0) is 43.5 Å². The molecule has 2 aromatic rings. The van der Waals surface area contributed by atoms with Gasteiger partial charge < -0.3 is 20.1 Å². The van der Waals surface area contributed by atoms with E-state index in [1.54, 1.807) is 0 Å². The fourth-order valence-corrected chi connectivity index (χ4v) is 3.51. The number of morpholine rings is 1. The molecule has 0 bridgehead atoms. The maximum atomic E-state index is 6.15. The summed E-state index contributed by atoms with van der Waals surface area (Å²) in [6.07, 6.45) is 3.23. The summed E-state index contributed by atoms with van der Waals surface area (Å²) in [4.78, 5) is 0. The summed E-state index contributed by atoms with van der Waals surface area (Å²) >= 11 is 0. The lowest BCUT2D eigenvalue weighted by Crippen LogP contribution is -2.50. The van der Waals surface area contributed by atoms with E-state index in [0.29, 0.717) is 0 Å². The molecule has 26 heavy (non-hydrogen) atoms. The molecule has 1 unspecified atom stereocenters. The lowest BCUT2D eigenvalue weighted by Gasteiger charge is -2.38. The second kappa shape index (κ2) is 9.06. The molecule has 3 rings (SSSR count). The first-order valence-electron chi connectivity index (χ1n) is 9.63. The third kappa shape index (κ3) is 4.99. The molecule has 0 aromatic heterocycles. The number of nitrogens with one attached hydrogen (secondary N) is 2. The maximum absolute atomic E-state index is 6.15. The molecule has 0 amide bonds. The van der Waals surface area contributed by atoms with Gasteiger partial charge in [0.05, 0.1) is 12.2 Å².